The maximum atomic E-state index is 10.6. The van der Waals surface area contributed by atoms with Crippen molar-refractivity contribution in [3.8, 4) is 0 Å². The van der Waals surface area contributed by atoms with Crippen molar-refractivity contribution in [1.29, 1.82) is 0 Å². The van der Waals surface area contributed by atoms with Crippen LogP contribution in [-0.2, 0) is 4.79 Å². The Morgan fingerprint density at radius 1 is 1.40 bits per heavy atom. The van der Waals surface area contributed by atoms with E-state index in [1.54, 1.807) is 0 Å². The Hall–Kier alpha value is -1.19. The largest absolute Gasteiger partial charge is 0.510 e. The summed E-state index contributed by atoms with van der Waals surface area (Å²) >= 11 is 0. The van der Waals surface area contributed by atoms with Gasteiger partial charge < -0.3 is 5.11 Å². The van der Waals surface area contributed by atoms with Crippen molar-refractivity contribution in [1.82, 2.24) is 0 Å². The second-order valence-electron chi connectivity index (χ2n) is 1.79. The van der Waals surface area contributed by atoms with Crippen molar-refractivity contribution in [3.63, 3.8) is 0 Å². The molecule has 0 aromatic rings. The van der Waals surface area contributed by atoms with Crippen LogP contribution in [0.3, 0.4) is 0 Å². The molecule has 0 aromatic carbocycles. The van der Waals surface area contributed by atoms with E-state index in [-0.39, 0.29) is 17.2 Å². The van der Waals surface area contributed by atoms with Crippen molar-refractivity contribution in [2.75, 3.05) is 7.05 Å². The molecule has 0 aliphatic heterocycles. The summed E-state index contributed by atoms with van der Waals surface area (Å²) in [7, 11) is 1.44. The summed E-state index contributed by atoms with van der Waals surface area (Å²) in [6.45, 7) is 2.72. The van der Waals surface area contributed by atoms with E-state index in [0.29, 0.717) is 0 Å². The van der Waals surface area contributed by atoms with Gasteiger partial charge in [-0.15, -0.1) is 5.11 Å². The van der Waals surface area contributed by atoms with Gasteiger partial charge in [0.25, 0.3) is 0 Å². The number of hydrogen-bond donors (Lipinski definition) is 1. The molecule has 0 spiro atoms. The minimum Gasteiger partial charge on any atom is -0.510 e. The fourth-order valence-electron chi connectivity index (χ4n) is 0.498. The first kappa shape index (κ1) is 8.81. The number of ketones is 1. The van der Waals surface area contributed by atoms with Gasteiger partial charge in [0.15, 0.2) is 11.5 Å². The highest BCUT2D eigenvalue weighted by Gasteiger charge is 2.04. The molecule has 0 fully saturated rings. The van der Waals surface area contributed by atoms with Crippen LogP contribution < -0.4 is 0 Å². The highest BCUT2D eigenvalue weighted by molar-refractivity contribution is 5.93. The molecule has 0 aliphatic rings. The van der Waals surface area contributed by atoms with E-state index in [1.165, 1.54) is 20.9 Å². The summed E-state index contributed by atoms with van der Waals surface area (Å²) < 4.78 is 0. The summed E-state index contributed by atoms with van der Waals surface area (Å²) in [6.07, 6.45) is 0. The quantitative estimate of drug-likeness (QED) is 0.360. The summed E-state index contributed by atoms with van der Waals surface area (Å²) in [6, 6.07) is 0. The first-order valence-electron chi connectivity index (χ1n) is 2.80. The average molecular weight is 142 g/mol. The van der Waals surface area contributed by atoms with Gasteiger partial charge in [0.2, 0.25) is 0 Å². The number of hydrogen-bond acceptors (Lipinski definition) is 4. The predicted octanol–water partition coefficient (Wildman–Crippen LogP) is 1.45. The number of allylic oxidation sites excluding steroid dienone is 2. The van der Waals surface area contributed by atoms with Crippen LogP contribution in [0, 0.1) is 0 Å². The Labute approximate surface area is 59.3 Å². The fourth-order valence-corrected chi connectivity index (χ4v) is 0.498. The molecule has 0 saturated heterocycles. The van der Waals surface area contributed by atoms with Gasteiger partial charge in [-0.05, 0) is 6.92 Å². The zero-order chi connectivity index (χ0) is 8.15. The second-order valence-corrected chi connectivity index (χ2v) is 1.79. The lowest BCUT2D eigenvalue weighted by Crippen LogP contribution is -1.96. The van der Waals surface area contributed by atoms with Gasteiger partial charge in [-0.3, -0.25) is 4.79 Å². The summed E-state index contributed by atoms with van der Waals surface area (Å²) in [5.74, 6) is -0.385. The van der Waals surface area contributed by atoms with Crippen molar-refractivity contribution in [3.05, 3.63) is 11.5 Å². The van der Waals surface area contributed by atoms with Crippen LogP contribution >= 0.6 is 0 Å². The number of aliphatic hydroxyl groups excluding tert-OH is 1. The van der Waals surface area contributed by atoms with Crippen LogP contribution in [0.2, 0.25) is 0 Å². The molecule has 0 bridgehead atoms. The lowest BCUT2D eigenvalue weighted by atomic mass is 10.3. The van der Waals surface area contributed by atoms with E-state index < -0.39 is 0 Å². The van der Waals surface area contributed by atoms with Gasteiger partial charge >= 0.3 is 0 Å². The summed E-state index contributed by atoms with van der Waals surface area (Å²) in [5, 5.41) is 15.6. The van der Waals surface area contributed by atoms with E-state index in [9.17, 15) is 4.79 Å². The van der Waals surface area contributed by atoms with Crippen LogP contribution in [0.4, 0.5) is 0 Å². The molecule has 1 N–H and O–H groups in total. The molecule has 10 heavy (non-hydrogen) atoms. The van der Waals surface area contributed by atoms with Crippen LogP contribution in [-0.4, -0.2) is 17.9 Å². The molecule has 4 nitrogen and oxygen atoms in total. The van der Waals surface area contributed by atoms with Gasteiger partial charge in [0, 0.05) is 14.0 Å². The Morgan fingerprint density at radius 2 is 1.90 bits per heavy atom. The van der Waals surface area contributed by atoms with Crippen LogP contribution in [0.25, 0.3) is 0 Å². The van der Waals surface area contributed by atoms with Crippen LogP contribution in [0.5, 0.6) is 0 Å². The first-order chi connectivity index (χ1) is 4.59. The molecule has 0 saturated carbocycles. The average Bonchev–Trinajstić information content (AvgIpc) is 1.81. The molecule has 0 aromatic heterocycles. The topological polar surface area (TPSA) is 62.0 Å². The Balaban J connectivity index is 4.61. The standard InChI is InChI=1S/C6H10N2O2/c1-4(9)6(5(2)10)8-7-3/h9H,1-3H3/b6-4+,8-7?. The van der Waals surface area contributed by atoms with Crippen molar-refractivity contribution >= 4 is 5.78 Å². The molecule has 56 valence electrons. The van der Waals surface area contributed by atoms with Gasteiger partial charge in [-0.2, -0.15) is 5.11 Å². The van der Waals surface area contributed by atoms with Gasteiger partial charge in [0.1, 0.15) is 5.76 Å². The van der Waals surface area contributed by atoms with Gasteiger partial charge in [-0.25, -0.2) is 0 Å². The molecular weight excluding hydrogens is 132 g/mol. The fraction of sp³-hybridized carbons (Fsp3) is 0.500. The van der Waals surface area contributed by atoms with Crippen molar-refractivity contribution < 1.29 is 9.90 Å². The third kappa shape index (κ3) is 2.39. The summed E-state index contributed by atoms with van der Waals surface area (Å²) in [4.78, 5) is 10.6. The van der Waals surface area contributed by atoms with E-state index in [2.05, 4.69) is 10.2 Å². The minimum atomic E-state index is -0.286. The third-order valence-electron chi connectivity index (χ3n) is 0.876. The predicted molar refractivity (Wildman–Crippen MR) is 36.8 cm³/mol. The molecular formula is C6H10N2O2. The summed E-state index contributed by atoms with van der Waals surface area (Å²) in [5.41, 5.74) is 0.0162. The van der Waals surface area contributed by atoms with Crippen LogP contribution in [0.15, 0.2) is 21.7 Å². The zero-order valence-corrected chi connectivity index (χ0v) is 6.25. The lowest BCUT2D eigenvalue weighted by molar-refractivity contribution is -0.113. The Bertz CT molecular complexity index is 190. The van der Waals surface area contributed by atoms with E-state index in [4.69, 9.17) is 5.11 Å². The van der Waals surface area contributed by atoms with Gasteiger partial charge in [0.05, 0.1) is 0 Å². The molecule has 0 aliphatic carbocycles. The molecule has 4 heteroatoms. The number of rotatable bonds is 2. The number of nitrogens with zero attached hydrogens (tertiary/aromatic N) is 2. The number of aliphatic hydroxyl groups is 1. The van der Waals surface area contributed by atoms with Crippen molar-refractivity contribution in [2.45, 2.75) is 13.8 Å². The number of Topliss-reactive ketones (excluding diaryl/α,β-unsaturated/α-hetero) is 1. The highest BCUT2D eigenvalue weighted by Crippen LogP contribution is 2.03. The number of azo groups is 1. The zero-order valence-electron chi connectivity index (χ0n) is 6.25. The molecule has 0 radical (unpaired) electrons. The van der Waals surface area contributed by atoms with E-state index in [1.807, 2.05) is 0 Å². The van der Waals surface area contributed by atoms with Crippen molar-refractivity contribution in [2.24, 2.45) is 10.2 Å². The molecule has 0 heterocycles. The monoisotopic (exact) mass is 142 g/mol. The molecule has 0 rings (SSSR count). The minimum absolute atomic E-state index is 0.0162. The molecule has 0 amide bonds. The molecule has 0 atom stereocenters. The molecule has 0 unspecified atom stereocenters. The smallest absolute Gasteiger partial charge is 0.183 e. The van der Waals surface area contributed by atoms with E-state index >= 15 is 0 Å². The number of carbonyl (C=O) groups excluding carboxylic acids is 1. The van der Waals surface area contributed by atoms with Crippen LogP contribution in [0.1, 0.15) is 13.8 Å². The first-order valence-corrected chi connectivity index (χ1v) is 2.80. The van der Waals surface area contributed by atoms with E-state index in [0.717, 1.165) is 0 Å². The normalized spacial score (nSPS) is 13.5. The second kappa shape index (κ2) is 3.76. The number of carbonyl (C=O) groups is 1. The Morgan fingerprint density at radius 3 is 2.00 bits per heavy atom. The maximum absolute atomic E-state index is 10.6. The van der Waals surface area contributed by atoms with Gasteiger partial charge in [-0.1, -0.05) is 0 Å². The lowest BCUT2D eigenvalue weighted by Gasteiger charge is -1.93. The Kier molecular flexibility index (Phi) is 3.32. The SMILES string of the molecule is CN=N/C(C(C)=O)=C(\C)O. The third-order valence-corrected chi connectivity index (χ3v) is 0.876. The highest BCUT2D eigenvalue weighted by atomic mass is 16.3. The maximum Gasteiger partial charge on any atom is 0.183 e.